The molecule has 0 radical (unpaired) electrons. The first-order valence-electron chi connectivity index (χ1n) is 9.61. The van der Waals surface area contributed by atoms with Gasteiger partial charge in [0.05, 0.1) is 6.61 Å². The van der Waals surface area contributed by atoms with Crippen LogP contribution in [-0.2, 0) is 4.79 Å². The standard InChI is InChI=1S/C21H26O3S3/c1-2-20(22)26-10-5-3-4-9-24-18-13-21(23)27-19-12-15(6-7-17(18)19)16-8-11-25-14-16/h6-7,12-13,16H,2-5,8-11,14H2,1H3. The van der Waals surface area contributed by atoms with E-state index in [1.54, 1.807) is 6.07 Å². The van der Waals surface area contributed by atoms with Gasteiger partial charge in [0.15, 0.2) is 5.12 Å². The van der Waals surface area contributed by atoms with Crippen LogP contribution in [0.1, 0.15) is 50.5 Å². The number of rotatable bonds is 9. The van der Waals surface area contributed by atoms with Crippen LogP contribution in [0, 0.1) is 0 Å². The van der Waals surface area contributed by atoms with Gasteiger partial charge in [-0.05, 0) is 55.1 Å². The fourth-order valence-corrected chi connectivity index (χ4v) is 6.07. The zero-order chi connectivity index (χ0) is 19.1. The third-order valence-electron chi connectivity index (χ3n) is 4.73. The minimum absolute atomic E-state index is 0.0462. The zero-order valence-corrected chi connectivity index (χ0v) is 18.1. The second-order valence-corrected chi connectivity index (χ2v) is 10.1. The molecule has 1 fully saturated rings. The Morgan fingerprint density at radius 3 is 2.93 bits per heavy atom. The Hall–Kier alpha value is -0.980. The molecule has 3 nitrogen and oxygen atoms in total. The van der Waals surface area contributed by atoms with Crippen molar-refractivity contribution < 1.29 is 9.53 Å². The Labute approximate surface area is 173 Å². The average molecular weight is 423 g/mol. The van der Waals surface area contributed by atoms with Crippen molar-refractivity contribution in [2.75, 3.05) is 23.9 Å². The van der Waals surface area contributed by atoms with Crippen LogP contribution < -0.4 is 9.48 Å². The smallest absolute Gasteiger partial charge is 0.236 e. The van der Waals surface area contributed by atoms with Crippen molar-refractivity contribution >= 4 is 50.1 Å². The monoisotopic (exact) mass is 422 g/mol. The van der Waals surface area contributed by atoms with E-state index in [0.29, 0.717) is 24.7 Å². The first-order chi connectivity index (χ1) is 13.2. The quantitative estimate of drug-likeness (QED) is 0.485. The maximum absolute atomic E-state index is 12.1. The molecule has 1 unspecified atom stereocenters. The first-order valence-corrected chi connectivity index (χ1v) is 12.6. The summed E-state index contributed by atoms with van der Waals surface area (Å²) in [5.41, 5.74) is 1.35. The SMILES string of the molecule is CCC(=O)SCCCCCOc1cc(=O)sc2cc(C3CCSC3)ccc12. The normalized spacial score (nSPS) is 16.7. The lowest BCUT2D eigenvalue weighted by Crippen LogP contribution is -2.02. The van der Waals surface area contributed by atoms with Gasteiger partial charge in [0, 0.05) is 34.1 Å². The van der Waals surface area contributed by atoms with E-state index in [-0.39, 0.29) is 9.86 Å². The Morgan fingerprint density at radius 2 is 2.15 bits per heavy atom. The molecule has 6 heteroatoms. The van der Waals surface area contributed by atoms with Crippen molar-refractivity contribution in [3.05, 3.63) is 39.4 Å². The maximum atomic E-state index is 12.1. The topological polar surface area (TPSA) is 43.4 Å². The van der Waals surface area contributed by atoms with Gasteiger partial charge in [0.2, 0.25) is 4.74 Å². The number of benzene rings is 1. The van der Waals surface area contributed by atoms with Gasteiger partial charge in [0.1, 0.15) is 5.75 Å². The van der Waals surface area contributed by atoms with Crippen LogP contribution in [0.2, 0.25) is 0 Å². The molecule has 1 aromatic heterocycles. The summed E-state index contributed by atoms with van der Waals surface area (Å²) >= 11 is 4.74. The van der Waals surface area contributed by atoms with Crippen molar-refractivity contribution in [1.82, 2.24) is 0 Å². The molecule has 0 bridgehead atoms. The molecule has 0 N–H and O–H groups in total. The van der Waals surface area contributed by atoms with Crippen LogP contribution in [0.5, 0.6) is 5.75 Å². The number of carbonyl (C=O) groups excluding carboxylic acids is 1. The predicted octanol–water partition coefficient (Wildman–Crippen LogP) is 5.70. The van der Waals surface area contributed by atoms with Gasteiger partial charge >= 0.3 is 0 Å². The highest BCUT2D eigenvalue weighted by Crippen LogP contribution is 2.35. The van der Waals surface area contributed by atoms with Gasteiger partial charge in [-0.2, -0.15) is 11.8 Å². The predicted molar refractivity (Wildman–Crippen MR) is 120 cm³/mol. The fourth-order valence-electron chi connectivity index (χ4n) is 3.17. The number of unbranched alkanes of at least 4 members (excludes halogenated alkanes) is 2. The highest BCUT2D eigenvalue weighted by atomic mass is 32.2. The lowest BCUT2D eigenvalue weighted by Gasteiger charge is -2.12. The Kier molecular flexibility index (Phi) is 8.09. The third-order valence-corrected chi connectivity index (χ3v) is 7.87. The molecule has 2 aromatic rings. The lowest BCUT2D eigenvalue weighted by molar-refractivity contribution is -0.110. The number of carbonyl (C=O) groups is 1. The molecule has 3 rings (SSSR count). The molecule has 0 saturated carbocycles. The fraction of sp³-hybridized carbons (Fsp3) is 0.524. The summed E-state index contributed by atoms with van der Waals surface area (Å²) in [6.45, 7) is 2.50. The lowest BCUT2D eigenvalue weighted by atomic mass is 9.98. The summed E-state index contributed by atoms with van der Waals surface area (Å²) in [7, 11) is 0. The van der Waals surface area contributed by atoms with Crippen LogP contribution in [0.4, 0.5) is 0 Å². The summed E-state index contributed by atoms with van der Waals surface area (Å²) in [6, 6.07) is 8.12. The highest BCUT2D eigenvalue weighted by molar-refractivity contribution is 8.13. The summed E-state index contributed by atoms with van der Waals surface area (Å²) in [4.78, 5) is 23.4. The molecule has 0 spiro atoms. The van der Waals surface area contributed by atoms with Gasteiger partial charge in [-0.25, -0.2) is 0 Å². The van der Waals surface area contributed by atoms with Crippen LogP contribution in [-0.4, -0.2) is 29.0 Å². The van der Waals surface area contributed by atoms with E-state index < -0.39 is 0 Å². The third kappa shape index (κ3) is 6.00. The Morgan fingerprint density at radius 1 is 1.26 bits per heavy atom. The molecule has 1 aromatic carbocycles. The van der Waals surface area contributed by atoms with Crippen LogP contribution in [0.25, 0.3) is 10.1 Å². The molecule has 0 aliphatic carbocycles. The summed E-state index contributed by atoms with van der Waals surface area (Å²) in [5.74, 6) is 4.61. The largest absolute Gasteiger partial charge is 0.493 e. The second-order valence-electron chi connectivity index (χ2n) is 6.73. The number of ether oxygens (including phenoxy) is 1. The molecular formula is C21H26O3S3. The maximum Gasteiger partial charge on any atom is 0.236 e. The Balaban J connectivity index is 1.56. The molecule has 0 amide bonds. The first kappa shape index (κ1) is 20.7. The van der Waals surface area contributed by atoms with Crippen molar-refractivity contribution in [3.8, 4) is 5.75 Å². The van der Waals surface area contributed by atoms with E-state index in [1.807, 2.05) is 18.7 Å². The van der Waals surface area contributed by atoms with Crippen molar-refractivity contribution in [1.29, 1.82) is 0 Å². The molecule has 1 aliphatic heterocycles. The molecule has 1 saturated heterocycles. The van der Waals surface area contributed by atoms with Crippen LogP contribution in [0.15, 0.2) is 29.1 Å². The van der Waals surface area contributed by atoms with Crippen LogP contribution >= 0.6 is 34.9 Å². The minimum Gasteiger partial charge on any atom is -0.493 e. The number of thioether (sulfide) groups is 2. The number of hydrogen-bond donors (Lipinski definition) is 0. The van der Waals surface area contributed by atoms with Gasteiger partial charge in [-0.3, -0.25) is 9.59 Å². The molecule has 1 aliphatic rings. The highest BCUT2D eigenvalue weighted by Gasteiger charge is 2.18. The summed E-state index contributed by atoms with van der Waals surface area (Å²) < 4.78 is 7.02. The molecule has 1 atom stereocenters. The van der Waals surface area contributed by atoms with E-state index >= 15 is 0 Å². The zero-order valence-electron chi connectivity index (χ0n) is 15.7. The minimum atomic E-state index is 0.0462. The molecular weight excluding hydrogens is 396 g/mol. The van der Waals surface area contributed by atoms with Gasteiger partial charge in [0.25, 0.3) is 0 Å². The van der Waals surface area contributed by atoms with E-state index in [4.69, 9.17) is 4.74 Å². The van der Waals surface area contributed by atoms with Gasteiger partial charge < -0.3 is 4.74 Å². The van der Waals surface area contributed by atoms with E-state index in [0.717, 1.165) is 35.1 Å². The average Bonchev–Trinajstić information content (AvgIpc) is 3.21. The van der Waals surface area contributed by atoms with Gasteiger partial charge in [-0.1, -0.05) is 36.1 Å². The van der Waals surface area contributed by atoms with Gasteiger partial charge in [-0.15, -0.1) is 0 Å². The van der Waals surface area contributed by atoms with E-state index in [2.05, 4.69) is 18.2 Å². The second kappa shape index (κ2) is 10.5. The van der Waals surface area contributed by atoms with Crippen LogP contribution in [0.3, 0.4) is 0 Å². The molecule has 2 heterocycles. The van der Waals surface area contributed by atoms with E-state index in [1.165, 1.54) is 46.6 Å². The van der Waals surface area contributed by atoms with E-state index in [9.17, 15) is 9.59 Å². The number of fused-ring (bicyclic) bond motifs is 1. The number of hydrogen-bond acceptors (Lipinski definition) is 6. The van der Waals surface area contributed by atoms with Crippen molar-refractivity contribution in [2.24, 2.45) is 0 Å². The molecule has 146 valence electrons. The Bertz CT molecular complexity index is 825. The molecule has 27 heavy (non-hydrogen) atoms. The summed E-state index contributed by atoms with van der Waals surface area (Å²) in [6.07, 6.45) is 4.82. The van der Waals surface area contributed by atoms with Crippen molar-refractivity contribution in [2.45, 2.75) is 44.9 Å². The van der Waals surface area contributed by atoms with Crippen molar-refractivity contribution in [3.63, 3.8) is 0 Å². The summed E-state index contributed by atoms with van der Waals surface area (Å²) in [5, 5.41) is 1.31.